The van der Waals surface area contributed by atoms with E-state index in [1.54, 1.807) is 0 Å². The monoisotopic (exact) mass is 306 g/mol. The molecule has 2 nitrogen and oxygen atoms in total. The van der Waals surface area contributed by atoms with E-state index in [0.29, 0.717) is 12.3 Å². The van der Waals surface area contributed by atoms with E-state index in [-0.39, 0.29) is 0 Å². The van der Waals surface area contributed by atoms with Crippen LogP contribution >= 0.6 is 0 Å². The summed E-state index contributed by atoms with van der Waals surface area (Å²) >= 11 is 0. The Labute approximate surface area is 138 Å². The number of hydrogen-bond donors (Lipinski definition) is 0. The van der Waals surface area contributed by atoms with Gasteiger partial charge < -0.3 is 4.48 Å². The number of benzene rings is 2. The molecule has 3 saturated heterocycles. The number of Topliss-reactive ketones (excluding diaryl/α,β-unsaturated/α-hetero) is 1. The van der Waals surface area contributed by atoms with Gasteiger partial charge >= 0.3 is 0 Å². The highest BCUT2D eigenvalue weighted by Gasteiger charge is 2.40. The van der Waals surface area contributed by atoms with Crippen molar-refractivity contribution in [3.63, 3.8) is 0 Å². The van der Waals surface area contributed by atoms with Crippen LogP contribution in [-0.2, 0) is 0 Å². The van der Waals surface area contributed by atoms with Gasteiger partial charge in [-0.15, -0.1) is 0 Å². The maximum absolute atomic E-state index is 12.7. The van der Waals surface area contributed by atoms with E-state index in [4.69, 9.17) is 0 Å². The van der Waals surface area contributed by atoms with E-state index >= 15 is 0 Å². The van der Waals surface area contributed by atoms with Crippen LogP contribution in [0.3, 0.4) is 0 Å². The Hall–Kier alpha value is -1.93. The molecular formula is C21H24NO+. The molecular weight excluding hydrogens is 282 g/mol. The van der Waals surface area contributed by atoms with Crippen LogP contribution in [0.25, 0.3) is 11.1 Å². The third kappa shape index (κ3) is 2.96. The lowest BCUT2D eigenvalue weighted by Crippen LogP contribution is -2.60. The lowest BCUT2D eigenvalue weighted by atomic mass is 9.85. The number of fused-ring (bicyclic) bond motifs is 3. The van der Waals surface area contributed by atoms with E-state index in [9.17, 15) is 4.79 Å². The molecule has 0 spiro atoms. The lowest BCUT2D eigenvalue weighted by Gasteiger charge is -2.48. The molecule has 23 heavy (non-hydrogen) atoms. The Morgan fingerprint density at radius 2 is 1.39 bits per heavy atom. The van der Waals surface area contributed by atoms with Crippen molar-refractivity contribution in [1.82, 2.24) is 0 Å². The normalized spacial score (nSPS) is 26.2. The predicted octanol–water partition coefficient (Wildman–Crippen LogP) is 4.17. The molecule has 3 aliphatic heterocycles. The third-order valence-electron chi connectivity index (χ3n) is 5.83. The highest BCUT2D eigenvalue weighted by molar-refractivity contribution is 5.97. The minimum atomic E-state index is 0.310. The van der Waals surface area contributed by atoms with E-state index in [1.807, 2.05) is 30.3 Å². The van der Waals surface area contributed by atoms with E-state index in [2.05, 4.69) is 24.3 Å². The zero-order chi connectivity index (χ0) is 15.7. The number of rotatable bonds is 4. The summed E-state index contributed by atoms with van der Waals surface area (Å²) in [6.07, 6.45) is 3.96. The van der Waals surface area contributed by atoms with Gasteiger partial charge in [0.05, 0.1) is 19.6 Å². The van der Waals surface area contributed by atoms with Crippen LogP contribution in [0.4, 0.5) is 0 Å². The molecule has 3 heterocycles. The highest BCUT2D eigenvalue weighted by Crippen LogP contribution is 2.33. The van der Waals surface area contributed by atoms with Crippen molar-refractivity contribution in [2.45, 2.75) is 19.3 Å². The van der Waals surface area contributed by atoms with Crippen LogP contribution in [0.2, 0.25) is 0 Å². The summed E-state index contributed by atoms with van der Waals surface area (Å²) in [6, 6.07) is 18.5. The molecule has 0 aliphatic carbocycles. The molecule has 0 radical (unpaired) electrons. The average Bonchev–Trinajstić information content (AvgIpc) is 2.64. The van der Waals surface area contributed by atoms with Gasteiger partial charge in [0.15, 0.2) is 0 Å². The molecule has 0 aromatic heterocycles. The summed E-state index contributed by atoms with van der Waals surface area (Å²) in [5.41, 5.74) is 3.24. The van der Waals surface area contributed by atoms with E-state index in [0.717, 1.165) is 16.0 Å². The summed E-state index contributed by atoms with van der Waals surface area (Å²) < 4.78 is 1.04. The van der Waals surface area contributed by atoms with E-state index in [1.165, 1.54) is 50.0 Å². The van der Waals surface area contributed by atoms with Gasteiger partial charge in [-0.2, -0.15) is 0 Å². The fourth-order valence-electron chi connectivity index (χ4n) is 4.25. The van der Waals surface area contributed by atoms with Crippen LogP contribution in [-0.4, -0.2) is 36.4 Å². The summed E-state index contributed by atoms with van der Waals surface area (Å²) in [6.45, 7) is 4.31. The number of quaternary nitrogens is 1. The molecule has 3 fully saturated rings. The molecule has 2 heteroatoms. The van der Waals surface area contributed by atoms with Crippen molar-refractivity contribution in [2.24, 2.45) is 5.92 Å². The Kier molecular flexibility index (Phi) is 3.78. The molecule has 0 amide bonds. The molecule has 3 aliphatic rings. The SMILES string of the molecule is O=C(C[N+]12CCC(CC1)CC2)c1ccc(-c2ccccc2)cc1. The predicted molar refractivity (Wildman–Crippen MR) is 93.3 cm³/mol. The van der Waals surface area contributed by atoms with Gasteiger partial charge in [-0.3, -0.25) is 4.79 Å². The highest BCUT2D eigenvalue weighted by atomic mass is 16.1. The summed E-state index contributed by atoms with van der Waals surface area (Å²) in [5.74, 6) is 1.25. The molecule has 2 bridgehead atoms. The molecule has 0 N–H and O–H groups in total. The summed E-state index contributed by atoms with van der Waals surface area (Å²) in [4.78, 5) is 12.7. The number of hydrogen-bond acceptors (Lipinski definition) is 1. The van der Waals surface area contributed by atoms with Crippen molar-refractivity contribution >= 4 is 5.78 Å². The molecule has 0 atom stereocenters. The molecule has 2 aromatic carbocycles. The van der Waals surface area contributed by atoms with Gasteiger partial charge in [0.25, 0.3) is 0 Å². The van der Waals surface area contributed by atoms with Crippen LogP contribution in [0.1, 0.15) is 29.6 Å². The number of carbonyl (C=O) groups is 1. The van der Waals surface area contributed by atoms with Crippen LogP contribution in [0.5, 0.6) is 0 Å². The fourth-order valence-corrected chi connectivity index (χ4v) is 4.25. The largest absolute Gasteiger partial charge is 0.317 e. The zero-order valence-corrected chi connectivity index (χ0v) is 13.6. The van der Waals surface area contributed by atoms with Crippen LogP contribution in [0, 0.1) is 5.92 Å². The first kappa shape index (κ1) is 14.6. The molecule has 5 rings (SSSR count). The van der Waals surface area contributed by atoms with Crippen molar-refractivity contribution in [2.75, 3.05) is 26.2 Å². The van der Waals surface area contributed by atoms with Crippen molar-refractivity contribution in [1.29, 1.82) is 0 Å². The van der Waals surface area contributed by atoms with Crippen molar-refractivity contribution < 1.29 is 9.28 Å². The number of carbonyl (C=O) groups excluding carboxylic acids is 1. The molecule has 0 unspecified atom stereocenters. The van der Waals surface area contributed by atoms with Gasteiger partial charge in [-0.1, -0.05) is 54.6 Å². The molecule has 0 saturated carbocycles. The first-order chi connectivity index (χ1) is 11.2. The van der Waals surface area contributed by atoms with Crippen LogP contribution < -0.4 is 0 Å². The molecule has 118 valence electrons. The number of piperidine rings is 3. The fraction of sp³-hybridized carbons (Fsp3) is 0.381. The standard InChI is InChI=1S/C21H24NO/c23-21(16-22-13-10-17(11-14-22)12-15-22)20-8-6-19(7-9-20)18-4-2-1-3-5-18/h1-9,17H,10-16H2/q+1. The van der Waals surface area contributed by atoms with Gasteiger partial charge in [-0.25, -0.2) is 0 Å². The zero-order valence-electron chi connectivity index (χ0n) is 13.6. The van der Waals surface area contributed by atoms with Gasteiger partial charge in [0.1, 0.15) is 6.54 Å². The second-order valence-electron chi connectivity index (χ2n) is 7.27. The third-order valence-corrected chi connectivity index (χ3v) is 5.83. The summed E-state index contributed by atoms with van der Waals surface area (Å²) in [7, 11) is 0. The first-order valence-corrected chi connectivity index (χ1v) is 8.78. The maximum atomic E-state index is 12.7. The van der Waals surface area contributed by atoms with Gasteiger partial charge in [0, 0.05) is 5.56 Å². The quantitative estimate of drug-likeness (QED) is 0.612. The van der Waals surface area contributed by atoms with E-state index < -0.39 is 0 Å². The van der Waals surface area contributed by atoms with Gasteiger partial charge in [0.2, 0.25) is 5.78 Å². The number of nitrogens with zero attached hydrogens (tertiary/aromatic N) is 1. The second kappa shape index (κ2) is 5.93. The minimum absolute atomic E-state index is 0.310. The second-order valence-corrected chi connectivity index (χ2v) is 7.27. The Morgan fingerprint density at radius 3 is 2.00 bits per heavy atom. The Morgan fingerprint density at radius 1 is 0.826 bits per heavy atom. The van der Waals surface area contributed by atoms with Crippen molar-refractivity contribution in [3.05, 3.63) is 60.2 Å². The lowest BCUT2D eigenvalue weighted by molar-refractivity contribution is -0.935. The van der Waals surface area contributed by atoms with Crippen molar-refractivity contribution in [3.8, 4) is 11.1 Å². The van der Waals surface area contributed by atoms with Gasteiger partial charge in [-0.05, 0) is 36.3 Å². The summed E-state index contributed by atoms with van der Waals surface area (Å²) in [5, 5.41) is 0. The average molecular weight is 306 g/mol. The number of ketones is 1. The Bertz CT molecular complexity index is 668. The first-order valence-electron chi connectivity index (χ1n) is 8.78. The van der Waals surface area contributed by atoms with Crippen LogP contribution in [0.15, 0.2) is 54.6 Å². The molecule has 2 aromatic rings. The Balaban J connectivity index is 1.48. The maximum Gasteiger partial charge on any atom is 0.216 e. The topological polar surface area (TPSA) is 17.1 Å². The smallest absolute Gasteiger partial charge is 0.216 e. The minimum Gasteiger partial charge on any atom is -0.317 e.